The zero-order valence-electron chi connectivity index (χ0n) is 32.5. The number of ether oxygens (including phenoxy) is 1. The summed E-state index contributed by atoms with van der Waals surface area (Å²) in [5, 5.41) is 60.7. The van der Waals surface area contributed by atoms with Gasteiger partial charge in [0.05, 0.1) is 23.7 Å². The SMILES string of the molecule is CC[C@H]1OC(=O)[C@H](C)[C@@H](O)[C@H](C)[C@@H](O)[C@](C)(O)C[C@@H](C)CN(CCCNCc2cc3c(s2)-c2ccc(C)cc2Sc2ccccc2-3)[C@H](C)[C@@H](O)[C@]1(C)O. The Bertz CT molecular complexity index is 1710. The summed E-state index contributed by atoms with van der Waals surface area (Å²) in [6, 6.07) is 17.1. The second-order valence-electron chi connectivity index (χ2n) is 16.1. The van der Waals surface area contributed by atoms with Gasteiger partial charge in [-0.15, -0.1) is 11.3 Å². The lowest BCUT2D eigenvalue weighted by atomic mass is 9.78. The third-order valence-electron chi connectivity index (χ3n) is 11.4. The molecule has 0 spiro atoms. The number of nitrogens with one attached hydrogen (secondary N) is 1. The Balaban J connectivity index is 1.31. The van der Waals surface area contributed by atoms with E-state index in [1.54, 1.807) is 20.8 Å². The Kier molecular flexibility index (Phi) is 13.6. The molecule has 3 aromatic rings. The Hall–Kier alpha value is -2.32. The molecule has 6 N–H and O–H groups in total. The third kappa shape index (κ3) is 9.22. The molecular formula is C42H60N2O7S2. The maximum absolute atomic E-state index is 13.2. The Morgan fingerprint density at radius 2 is 1.66 bits per heavy atom. The van der Waals surface area contributed by atoms with Crippen molar-refractivity contribution in [3.63, 3.8) is 0 Å². The van der Waals surface area contributed by atoms with E-state index >= 15 is 0 Å². The summed E-state index contributed by atoms with van der Waals surface area (Å²) in [5.41, 5.74) is 1.70. The quantitative estimate of drug-likeness (QED) is 0.0945. The van der Waals surface area contributed by atoms with Crippen LogP contribution in [0.15, 0.2) is 58.3 Å². The highest BCUT2D eigenvalue weighted by Crippen LogP contribution is 2.51. The van der Waals surface area contributed by atoms with E-state index in [0.717, 1.165) is 6.42 Å². The Morgan fingerprint density at radius 3 is 2.38 bits per heavy atom. The van der Waals surface area contributed by atoms with Crippen LogP contribution in [0.5, 0.6) is 0 Å². The number of fused-ring (bicyclic) bond motifs is 5. The highest BCUT2D eigenvalue weighted by Gasteiger charge is 2.47. The molecule has 0 unspecified atom stereocenters. The number of nitrogens with zero attached hydrogens (tertiary/aromatic N) is 1. The van der Waals surface area contributed by atoms with E-state index in [0.29, 0.717) is 26.2 Å². The standard InChI is InChI=1S/C42H60N2O7S2/c1-9-35-42(8,50)39(47)28(6)44(23-25(3)21-41(7,49)38(46)26(4)36(45)27(5)40(48)51-35)18-12-17-43-22-29-20-32-30-13-10-11-14-33(30)53-34-19-24(2)15-16-31(34)37(32)52-29/h10-11,13-16,19-20,25-28,35-36,38-39,43,45-47,49-50H,9,12,17-18,21-23H2,1-8H3/t25-,26+,27-,28-,35-,36+,38-,39-,41-,42-/m1/s1. The van der Waals surface area contributed by atoms with Crippen molar-refractivity contribution in [2.24, 2.45) is 17.8 Å². The molecule has 0 radical (unpaired) electrons. The van der Waals surface area contributed by atoms with E-state index < -0.39 is 59.5 Å². The molecular weight excluding hydrogens is 709 g/mol. The van der Waals surface area contributed by atoms with Crippen molar-refractivity contribution in [1.29, 1.82) is 0 Å². The zero-order valence-corrected chi connectivity index (χ0v) is 34.1. The van der Waals surface area contributed by atoms with E-state index in [1.807, 2.05) is 36.9 Å². The number of thiophene rings is 1. The lowest BCUT2D eigenvalue weighted by Gasteiger charge is -2.43. The van der Waals surface area contributed by atoms with Crippen LogP contribution in [0.4, 0.5) is 0 Å². The molecule has 0 amide bonds. The average Bonchev–Trinajstić information content (AvgIpc) is 3.49. The Morgan fingerprint density at radius 1 is 0.943 bits per heavy atom. The van der Waals surface area contributed by atoms with E-state index in [1.165, 1.54) is 55.6 Å². The highest BCUT2D eigenvalue weighted by atomic mass is 32.2. The third-order valence-corrected chi connectivity index (χ3v) is 13.7. The summed E-state index contributed by atoms with van der Waals surface area (Å²) in [7, 11) is 0. The number of aryl methyl sites for hydroxylation is 1. The van der Waals surface area contributed by atoms with Crippen LogP contribution in [-0.2, 0) is 16.1 Å². The maximum atomic E-state index is 13.2. The fourth-order valence-electron chi connectivity index (χ4n) is 8.19. The number of rotatable bonds is 7. The number of benzene rings is 2. The number of aliphatic hydroxyl groups is 5. The van der Waals surface area contributed by atoms with E-state index in [9.17, 15) is 30.3 Å². The van der Waals surface area contributed by atoms with Gasteiger partial charge in [0.25, 0.3) is 0 Å². The van der Waals surface area contributed by atoms with Crippen molar-refractivity contribution in [3.05, 3.63) is 59.0 Å². The van der Waals surface area contributed by atoms with Crippen LogP contribution < -0.4 is 5.32 Å². The molecule has 2 aromatic carbocycles. The summed E-state index contributed by atoms with van der Waals surface area (Å²) < 4.78 is 5.74. The zero-order chi connectivity index (χ0) is 38.8. The van der Waals surface area contributed by atoms with Gasteiger partial charge >= 0.3 is 5.97 Å². The molecule has 2 aliphatic rings. The topological polar surface area (TPSA) is 143 Å². The fourth-order valence-corrected chi connectivity index (χ4v) is 10.6. The van der Waals surface area contributed by atoms with Gasteiger partial charge in [-0.3, -0.25) is 9.69 Å². The number of carbonyl (C=O) groups excluding carboxylic acids is 1. The molecule has 0 bridgehead atoms. The van der Waals surface area contributed by atoms with Crippen molar-refractivity contribution in [2.45, 2.75) is 133 Å². The van der Waals surface area contributed by atoms with Crippen molar-refractivity contribution in [2.75, 3.05) is 19.6 Å². The van der Waals surface area contributed by atoms with Crippen LogP contribution in [0, 0.1) is 24.7 Å². The summed E-state index contributed by atoms with van der Waals surface area (Å²) in [5.74, 6) is -2.71. The van der Waals surface area contributed by atoms with Gasteiger partial charge in [-0.2, -0.15) is 0 Å². The second-order valence-corrected chi connectivity index (χ2v) is 18.3. The highest BCUT2D eigenvalue weighted by molar-refractivity contribution is 7.99. The van der Waals surface area contributed by atoms with Crippen LogP contribution >= 0.6 is 23.1 Å². The molecule has 11 heteroatoms. The molecule has 2 aliphatic heterocycles. The molecule has 5 rings (SSSR count). The van der Waals surface area contributed by atoms with Gasteiger partial charge in [0.2, 0.25) is 0 Å². The minimum atomic E-state index is -1.78. The minimum Gasteiger partial charge on any atom is -0.459 e. The van der Waals surface area contributed by atoms with Crippen molar-refractivity contribution in [1.82, 2.24) is 10.2 Å². The molecule has 292 valence electrons. The van der Waals surface area contributed by atoms with Crippen LogP contribution in [0.25, 0.3) is 21.6 Å². The van der Waals surface area contributed by atoms with Gasteiger partial charge in [-0.1, -0.05) is 62.9 Å². The number of carbonyl (C=O) groups is 1. The summed E-state index contributed by atoms with van der Waals surface area (Å²) in [4.78, 5) is 20.4. The Labute approximate surface area is 323 Å². The number of hydrogen-bond donors (Lipinski definition) is 6. The first-order valence-electron chi connectivity index (χ1n) is 19.1. The lowest BCUT2D eigenvalue weighted by molar-refractivity contribution is -0.193. The maximum Gasteiger partial charge on any atom is 0.311 e. The van der Waals surface area contributed by atoms with Gasteiger partial charge < -0.3 is 35.6 Å². The smallest absolute Gasteiger partial charge is 0.311 e. The van der Waals surface area contributed by atoms with E-state index in [-0.39, 0.29) is 18.8 Å². The monoisotopic (exact) mass is 768 g/mol. The lowest BCUT2D eigenvalue weighted by Crippen LogP contribution is -2.59. The van der Waals surface area contributed by atoms with E-state index in [4.69, 9.17) is 4.74 Å². The van der Waals surface area contributed by atoms with Crippen molar-refractivity contribution in [3.8, 4) is 21.6 Å². The van der Waals surface area contributed by atoms with Crippen LogP contribution in [0.3, 0.4) is 0 Å². The number of cyclic esters (lactones) is 1. The molecule has 3 heterocycles. The molecule has 1 aromatic heterocycles. The van der Waals surface area contributed by atoms with E-state index in [2.05, 4.69) is 65.7 Å². The number of esters is 1. The van der Waals surface area contributed by atoms with Gasteiger partial charge in [0.15, 0.2) is 0 Å². The molecule has 10 atom stereocenters. The molecule has 1 saturated heterocycles. The first-order chi connectivity index (χ1) is 25.0. The second kappa shape index (κ2) is 17.2. The number of aliphatic hydroxyl groups excluding tert-OH is 3. The van der Waals surface area contributed by atoms with Crippen LogP contribution in [-0.4, -0.2) is 97.7 Å². The fraction of sp³-hybridized carbons (Fsp3) is 0.595. The van der Waals surface area contributed by atoms with Crippen molar-refractivity contribution < 1.29 is 35.1 Å². The van der Waals surface area contributed by atoms with Crippen molar-refractivity contribution >= 4 is 29.1 Å². The summed E-state index contributed by atoms with van der Waals surface area (Å²) in [6.45, 7) is 16.4. The molecule has 0 saturated carbocycles. The summed E-state index contributed by atoms with van der Waals surface area (Å²) >= 11 is 3.65. The largest absolute Gasteiger partial charge is 0.459 e. The predicted octanol–water partition coefficient (Wildman–Crippen LogP) is 6.24. The summed E-state index contributed by atoms with van der Waals surface area (Å²) in [6.07, 6.45) is -3.67. The molecule has 53 heavy (non-hydrogen) atoms. The van der Waals surface area contributed by atoms with Gasteiger partial charge in [-0.25, -0.2) is 0 Å². The first kappa shape index (κ1) is 41.8. The van der Waals surface area contributed by atoms with Gasteiger partial charge in [0.1, 0.15) is 17.8 Å². The first-order valence-corrected chi connectivity index (χ1v) is 20.7. The minimum absolute atomic E-state index is 0.117. The van der Waals surface area contributed by atoms with Crippen LogP contribution in [0.2, 0.25) is 0 Å². The predicted molar refractivity (Wildman–Crippen MR) is 213 cm³/mol. The molecule has 1 fully saturated rings. The average molecular weight is 769 g/mol. The normalized spacial score (nSPS) is 33.1. The molecule has 0 aliphatic carbocycles. The van der Waals surface area contributed by atoms with Gasteiger partial charge in [0, 0.05) is 55.7 Å². The molecule has 9 nitrogen and oxygen atoms in total. The number of hydrogen-bond acceptors (Lipinski definition) is 11. The van der Waals surface area contributed by atoms with Crippen LogP contribution in [0.1, 0.15) is 78.2 Å². The van der Waals surface area contributed by atoms with Gasteiger partial charge in [-0.05, 0) is 102 Å².